The van der Waals surface area contributed by atoms with Crippen molar-refractivity contribution in [3.05, 3.63) is 36.4 Å². The molecule has 1 aromatic carbocycles. The van der Waals surface area contributed by atoms with Crippen molar-refractivity contribution in [2.75, 3.05) is 0 Å². The number of hydrogen-bond donors (Lipinski definition) is 0. The molecule has 0 atom stereocenters. The zero-order valence-electron chi connectivity index (χ0n) is 28.2. The molecular formula is C37H59NS2Sn2. The molecule has 0 aliphatic carbocycles. The Morgan fingerprint density at radius 2 is 1.17 bits per heavy atom. The Hall–Kier alpha value is 0.0174. The van der Waals surface area contributed by atoms with Gasteiger partial charge in [0.15, 0.2) is 0 Å². The molecule has 0 radical (unpaired) electrons. The summed E-state index contributed by atoms with van der Waals surface area (Å²) in [7, 11) is 0. The van der Waals surface area contributed by atoms with E-state index >= 15 is 0 Å². The molecule has 0 spiro atoms. The second-order valence-electron chi connectivity index (χ2n) is 14.9. The van der Waals surface area contributed by atoms with Crippen molar-refractivity contribution in [2.45, 2.75) is 139 Å². The van der Waals surface area contributed by atoms with Crippen LogP contribution in [0.25, 0.3) is 31.6 Å². The quantitative estimate of drug-likeness (QED) is 0.0696. The van der Waals surface area contributed by atoms with Gasteiger partial charge in [0.1, 0.15) is 0 Å². The van der Waals surface area contributed by atoms with Crippen molar-refractivity contribution < 1.29 is 0 Å². The van der Waals surface area contributed by atoms with Crippen LogP contribution in [0.3, 0.4) is 0 Å². The molecule has 0 unspecified atom stereocenters. The molecule has 4 aromatic rings. The van der Waals surface area contributed by atoms with Crippen LogP contribution in [-0.2, 0) is 0 Å². The Morgan fingerprint density at radius 3 is 1.71 bits per heavy atom. The molecule has 3 aromatic heterocycles. The fourth-order valence-electron chi connectivity index (χ4n) is 6.34. The third kappa shape index (κ3) is 9.06. The standard InChI is InChI=1S/C31H41NS2.6CH3.2Sn/c1-3-5-7-9-11-13-16-26(17-14-12-10-8-6-4-2)32-28-21-23-34-31(28)27-20-19-25(24-29(27)32)30-18-15-22-33-30;;;;;;;;/h15,18-21,24,26H,3-14,16-17H2,1-2H3;6*1H3;;. The fraction of sp³-hybridized carbons (Fsp3) is 0.622. The van der Waals surface area contributed by atoms with Crippen LogP contribution in [0.4, 0.5) is 0 Å². The maximum absolute atomic E-state index is 2.86. The van der Waals surface area contributed by atoms with Gasteiger partial charge in [-0.15, -0.1) is 0 Å². The average Bonchev–Trinajstić information content (AvgIpc) is 3.66. The van der Waals surface area contributed by atoms with Gasteiger partial charge in [-0.05, 0) is 0 Å². The molecule has 1 nitrogen and oxygen atoms in total. The molecule has 42 heavy (non-hydrogen) atoms. The molecule has 0 N–H and O–H groups in total. The van der Waals surface area contributed by atoms with Crippen LogP contribution in [0.2, 0.25) is 29.6 Å². The predicted octanol–water partition coefficient (Wildman–Crippen LogP) is 12.7. The van der Waals surface area contributed by atoms with Crippen LogP contribution in [0.5, 0.6) is 0 Å². The molecule has 0 aliphatic heterocycles. The van der Waals surface area contributed by atoms with Crippen molar-refractivity contribution in [1.82, 2.24) is 4.57 Å². The number of hydrogen-bond acceptors (Lipinski definition) is 2. The van der Waals surface area contributed by atoms with Gasteiger partial charge >= 0.3 is 263 Å². The van der Waals surface area contributed by atoms with Gasteiger partial charge in [0, 0.05) is 0 Å². The predicted molar refractivity (Wildman–Crippen MR) is 202 cm³/mol. The summed E-state index contributed by atoms with van der Waals surface area (Å²) >= 11 is -0.0370. The van der Waals surface area contributed by atoms with E-state index in [1.807, 2.05) is 0 Å². The summed E-state index contributed by atoms with van der Waals surface area (Å²) < 4.78 is 7.84. The number of nitrogens with zero attached hydrogens (tertiary/aromatic N) is 1. The molecule has 0 fully saturated rings. The second-order valence-corrected chi connectivity index (χ2v) is 47.8. The fourth-order valence-corrected chi connectivity index (χ4v) is 19.0. The third-order valence-corrected chi connectivity index (χ3v) is 30.2. The van der Waals surface area contributed by atoms with Gasteiger partial charge in [-0.3, -0.25) is 0 Å². The summed E-state index contributed by atoms with van der Waals surface area (Å²) in [6.45, 7) is 4.65. The number of aromatic nitrogens is 1. The van der Waals surface area contributed by atoms with Crippen LogP contribution < -0.4 is 5.79 Å². The van der Waals surface area contributed by atoms with E-state index < -0.39 is 36.8 Å². The SMILES string of the molecule is CCCCCCCCC(CCCCCCCC)n1c2cc(-c3cc[c]([Sn]([CH3])([CH3])[CH3])s3)ccc2c2s[c]([Sn]([CH3])([CH3])[CH3])cc21. The van der Waals surface area contributed by atoms with E-state index in [-0.39, 0.29) is 0 Å². The number of fused-ring (bicyclic) bond motifs is 3. The van der Waals surface area contributed by atoms with Gasteiger partial charge in [0.2, 0.25) is 0 Å². The van der Waals surface area contributed by atoms with Crippen LogP contribution in [0, 0.1) is 0 Å². The summed E-state index contributed by atoms with van der Waals surface area (Å²) in [6, 6.07) is 15.6. The first-order chi connectivity index (χ1) is 20.0. The first-order valence-electron chi connectivity index (χ1n) is 17.2. The first-order valence-corrected chi connectivity index (χ1v) is 38.8. The zero-order chi connectivity index (χ0) is 30.3. The van der Waals surface area contributed by atoms with E-state index in [0.29, 0.717) is 6.04 Å². The molecule has 0 aliphatic rings. The summed E-state index contributed by atoms with van der Waals surface area (Å²) in [5.74, 6) is 0. The number of thiophene rings is 2. The van der Waals surface area contributed by atoms with E-state index in [0.717, 1.165) is 0 Å². The molecule has 4 rings (SSSR count). The Balaban J connectivity index is 1.73. The molecule has 0 bridgehead atoms. The third-order valence-electron chi connectivity index (χ3n) is 8.99. The summed E-state index contributed by atoms with van der Waals surface area (Å²) in [5, 5.41) is 1.50. The van der Waals surface area contributed by atoms with Gasteiger partial charge in [-0.1, -0.05) is 13.8 Å². The Bertz CT molecular complexity index is 1380. The number of benzene rings is 1. The summed E-state index contributed by atoms with van der Waals surface area (Å²) in [6.07, 6.45) is 19.3. The topological polar surface area (TPSA) is 4.93 Å². The first kappa shape index (κ1) is 34.9. The van der Waals surface area contributed by atoms with Crippen molar-refractivity contribution >= 4 is 86.3 Å². The van der Waals surface area contributed by atoms with E-state index in [1.165, 1.54) is 111 Å². The minimum atomic E-state index is -2.18. The Morgan fingerprint density at radius 1 is 0.595 bits per heavy atom. The van der Waals surface area contributed by atoms with Crippen molar-refractivity contribution in [3.8, 4) is 10.4 Å². The van der Waals surface area contributed by atoms with Gasteiger partial charge in [-0.25, -0.2) is 0 Å². The average molecular weight is 819 g/mol. The van der Waals surface area contributed by atoms with Crippen LogP contribution in [0.15, 0.2) is 36.4 Å². The summed E-state index contributed by atoms with van der Waals surface area (Å²) in [4.78, 5) is 16.8. The van der Waals surface area contributed by atoms with Crippen LogP contribution >= 0.6 is 22.7 Å². The van der Waals surface area contributed by atoms with Gasteiger partial charge < -0.3 is 0 Å². The maximum atomic E-state index is 2.86. The summed E-state index contributed by atoms with van der Waals surface area (Å²) in [5.41, 5.74) is 4.47. The molecule has 0 saturated heterocycles. The monoisotopic (exact) mass is 821 g/mol. The van der Waals surface area contributed by atoms with E-state index in [4.69, 9.17) is 0 Å². The zero-order valence-corrected chi connectivity index (χ0v) is 35.5. The second kappa shape index (κ2) is 16.0. The van der Waals surface area contributed by atoms with Crippen LogP contribution in [0.1, 0.15) is 110 Å². The molecule has 0 saturated carbocycles. The number of unbranched alkanes of at least 4 members (excludes halogenated alkanes) is 10. The van der Waals surface area contributed by atoms with Crippen LogP contribution in [-0.4, -0.2) is 41.3 Å². The Labute approximate surface area is 274 Å². The van der Waals surface area contributed by atoms with E-state index in [1.54, 1.807) is 16.0 Å². The van der Waals surface area contributed by atoms with Crippen molar-refractivity contribution in [1.29, 1.82) is 0 Å². The van der Waals surface area contributed by atoms with E-state index in [9.17, 15) is 0 Å². The Kier molecular flexibility index (Phi) is 13.3. The van der Waals surface area contributed by atoms with Gasteiger partial charge in [-0.2, -0.15) is 0 Å². The molecule has 232 valence electrons. The molecule has 0 amide bonds. The normalized spacial score (nSPS) is 12.9. The molecule has 5 heteroatoms. The molecular weight excluding hydrogens is 760 g/mol. The van der Waals surface area contributed by atoms with Crippen molar-refractivity contribution in [2.24, 2.45) is 0 Å². The number of rotatable bonds is 18. The molecule has 3 heterocycles. The minimum absolute atomic E-state index is 0.611. The van der Waals surface area contributed by atoms with E-state index in [2.05, 4.69) is 107 Å². The van der Waals surface area contributed by atoms with Gasteiger partial charge in [0.25, 0.3) is 0 Å². The van der Waals surface area contributed by atoms with Crippen molar-refractivity contribution in [3.63, 3.8) is 0 Å². The van der Waals surface area contributed by atoms with Gasteiger partial charge in [0.05, 0.1) is 0 Å².